The van der Waals surface area contributed by atoms with Crippen LogP contribution in [0.4, 0.5) is 17.6 Å². The Morgan fingerprint density at radius 2 is 1.74 bits per heavy atom. The molecule has 0 aliphatic heterocycles. The first-order valence-electron chi connectivity index (χ1n) is 11.0. The van der Waals surface area contributed by atoms with Gasteiger partial charge in [-0.1, -0.05) is 6.92 Å². The van der Waals surface area contributed by atoms with Gasteiger partial charge in [-0.25, -0.2) is 19.3 Å². The highest BCUT2D eigenvalue weighted by atomic mass is 19.4. The molecule has 35 heavy (non-hydrogen) atoms. The maximum atomic E-state index is 13.6. The molecule has 11 heteroatoms. The third kappa shape index (κ3) is 6.09. The lowest BCUT2D eigenvalue weighted by atomic mass is 10.0. The molecule has 0 radical (unpaired) electrons. The molecule has 0 spiro atoms. The molecule has 3 heterocycles. The molecule has 2 atom stereocenters. The minimum absolute atomic E-state index is 0.0151. The van der Waals surface area contributed by atoms with E-state index in [2.05, 4.69) is 19.9 Å². The van der Waals surface area contributed by atoms with Gasteiger partial charge in [0.1, 0.15) is 11.8 Å². The highest BCUT2D eigenvalue weighted by Crippen LogP contribution is 2.30. The zero-order valence-electron chi connectivity index (χ0n) is 19.7. The van der Waals surface area contributed by atoms with Crippen molar-refractivity contribution in [2.75, 3.05) is 6.54 Å². The lowest BCUT2D eigenvalue weighted by molar-refractivity contribution is -0.137. The second-order valence-corrected chi connectivity index (χ2v) is 7.91. The molecule has 0 aromatic carbocycles. The molecule has 2 unspecified atom stereocenters. The van der Waals surface area contributed by atoms with Gasteiger partial charge in [0.2, 0.25) is 5.88 Å². The molecule has 0 aliphatic carbocycles. The first-order valence-corrected chi connectivity index (χ1v) is 11.0. The summed E-state index contributed by atoms with van der Waals surface area (Å²) < 4.78 is 57.5. The van der Waals surface area contributed by atoms with Crippen molar-refractivity contribution >= 4 is 5.91 Å². The number of aryl methyl sites for hydroxylation is 1. The molecule has 186 valence electrons. The van der Waals surface area contributed by atoms with Crippen LogP contribution in [0.2, 0.25) is 0 Å². The normalized spacial score (nSPS) is 13.3. The Bertz CT molecular complexity index is 1150. The largest absolute Gasteiger partial charge is 0.472 e. The first kappa shape index (κ1) is 26.0. The van der Waals surface area contributed by atoms with Crippen LogP contribution < -0.4 is 4.74 Å². The number of carbonyl (C=O) groups is 1. The summed E-state index contributed by atoms with van der Waals surface area (Å²) in [6.07, 6.45) is -0.324. The summed E-state index contributed by atoms with van der Waals surface area (Å²) in [6.45, 7) is 7.49. The van der Waals surface area contributed by atoms with Crippen LogP contribution in [0, 0.1) is 12.7 Å². The Kier molecular flexibility index (Phi) is 7.98. The van der Waals surface area contributed by atoms with E-state index < -0.39 is 35.6 Å². The summed E-state index contributed by atoms with van der Waals surface area (Å²) in [6, 6.07) is 3.30. The summed E-state index contributed by atoms with van der Waals surface area (Å²) in [5.41, 5.74) is 0.351. The average molecular weight is 491 g/mol. The third-order valence-corrected chi connectivity index (χ3v) is 5.42. The van der Waals surface area contributed by atoms with Crippen LogP contribution in [0.3, 0.4) is 0 Å². The molecule has 0 fully saturated rings. The van der Waals surface area contributed by atoms with Crippen molar-refractivity contribution in [2.45, 2.75) is 52.4 Å². The van der Waals surface area contributed by atoms with E-state index >= 15 is 0 Å². The van der Waals surface area contributed by atoms with Gasteiger partial charge in [0.15, 0.2) is 11.6 Å². The summed E-state index contributed by atoms with van der Waals surface area (Å²) >= 11 is 0. The van der Waals surface area contributed by atoms with Gasteiger partial charge in [-0.2, -0.15) is 13.2 Å². The van der Waals surface area contributed by atoms with Crippen molar-refractivity contribution in [2.24, 2.45) is 0 Å². The third-order valence-electron chi connectivity index (χ3n) is 5.42. The number of aromatic nitrogens is 4. The summed E-state index contributed by atoms with van der Waals surface area (Å²) in [5, 5.41) is 0. The molecule has 1 amide bonds. The van der Waals surface area contributed by atoms with Crippen molar-refractivity contribution < 1.29 is 27.1 Å². The van der Waals surface area contributed by atoms with Crippen LogP contribution >= 0.6 is 0 Å². The van der Waals surface area contributed by atoms with Gasteiger partial charge in [-0.15, -0.1) is 0 Å². The minimum Gasteiger partial charge on any atom is -0.472 e. The number of nitrogens with zero attached hydrogens (tertiary/aromatic N) is 5. The summed E-state index contributed by atoms with van der Waals surface area (Å²) in [4.78, 5) is 31.2. The molecule has 0 bridgehead atoms. The number of rotatable bonds is 8. The molecular formula is C24H25F4N5O2. The molecule has 7 nitrogen and oxygen atoms in total. The number of likely N-dealkylation sites (N-methyl/N-ethyl adjacent to an activating group) is 1. The number of amides is 1. The molecule has 3 rings (SSSR count). The Morgan fingerprint density at radius 1 is 1.06 bits per heavy atom. The fourth-order valence-corrected chi connectivity index (χ4v) is 3.72. The molecule has 0 aliphatic rings. The Hall–Kier alpha value is -3.63. The van der Waals surface area contributed by atoms with Crippen molar-refractivity contribution in [3.63, 3.8) is 0 Å². The quantitative estimate of drug-likeness (QED) is 0.408. The second-order valence-electron chi connectivity index (χ2n) is 7.91. The zero-order chi connectivity index (χ0) is 25.8. The molecule has 0 N–H and O–H groups in total. The van der Waals surface area contributed by atoms with Crippen LogP contribution in [-0.2, 0) is 6.18 Å². The molecule has 0 saturated carbocycles. The van der Waals surface area contributed by atoms with E-state index in [0.29, 0.717) is 24.7 Å². The van der Waals surface area contributed by atoms with Crippen molar-refractivity contribution in [3.05, 3.63) is 65.6 Å². The molecule has 0 saturated heterocycles. The van der Waals surface area contributed by atoms with E-state index in [9.17, 15) is 22.4 Å². The van der Waals surface area contributed by atoms with Crippen molar-refractivity contribution in [3.8, 4) is 17.3 Å². The first-order chi connectivity index (χ1) is 16.5. The second kappa shape index (κ2) is 10.7. The maximum Gasteiger partial charge on any atom is 0.417 e. The van der Waals surface area contributed by atoms with Crippen LogP contribution in [0.5, 0.6) is 5.88 Å². The number of hydrogen-bond donors (Lipinski definition) is 0. The van der Waals surface area contributed by atoms with E-state index in [1.54, 1.807) is 37.9 Å². The topological polar surface area (TPSA) is 81.1 Å². The van der Waals surface area contributed by atoms with E-state index in [-0.39, 0.29) is 17.4 Å². The van der Waals surface area contributed by atoms with Crippen molar-refractivity contribution in [1.82, 2.24) is 24.8 Å². The number of carbonyl (C=O) groups excluding carboxylic acids is 1. The summed E-state index contributed by atoms with van der Waals surface area (Å²) in [7, 11) is 0. The van der Waals surface area contributed by atoms with Gasteiger partial charge < -0.3 is 9.64 Å². The standard InChI is InChI=1S/C24H25F4N5O2/c1-5-19(15(4)35-20-8-7-16(11-29-20)24(26,27)28)33(6-2)23(34)21-18(9-14(3)10-30-21)22-31-12-17(25)13-32-22/h7-13,15,19H,5-6H2,1-4H3. The van der Waals surface area contributed by atoms with E-state index in [1.807, 2.05) is 6.92 Å². The highest BCUT2D eigenvalue weighted by molar-refractivity contribution is 5.98. The molecule has 3 aromatic rings. The van der Waals surface area contributed by atoms with E-state index in [1.165, 1.54) is 0 Å². The number of ether oxygens (including phenoxy) is 1. The number of hydrogen-bond acceptors (Lipinski definition) is 6. The van der Waals surface area contributed by atoms with Crippen LogP contribution in [0.25, 0.3) is 11.4 Å². The smallest absolute Gasteiger partial charge is 0.417 e. The van der Waals surface area contributed by atoms with E-state index in [0.717, 1.165) is 30.1 Å². The van der Waals surface area contributed by atoms with Gasteiger partial charge in [0.25, 0.3) is 5.91 Å². The monoisotopic (exact) mass is 491 g/mol. The van der Waals surface area contributed by atoms with Crippen LogP contribution in [0.1, 0.15) is 48.8 Å². The Labute approximate surface area is 200 Å². The van der Waals surface area contributed by atoms with Gasteiger partial charge >= 0.3 is 6.18 Å². The highest BCUT2D eigenvalue weighted by Gasteiger charge is 2.32. The van der Waals surface area contributed by atoms with Gasteiger partial charge in [0.05, 0.1) is 29.6 Å². The number of alkyl halides is 3. The van der Waals surface area contributed by atoms with Crippen molar-refractivity contribution in [1.29, 1.82) is 0 Å². The fourth-order valence-electron chi connectivity index (χ4n) is 3.72. The van der Waals surface area contributed by atoms with Gasteiger partial charge in [-0.05, 0) is 44.9 Å². The lowest BCUT2D eigenvalue weighted by Gasteiger charge is -2.34. The average Bonchev–Trinajstić information content (AvgIpc) is 2.82. The SMILES string of the molecule is CCC(C(C)Oc1ccc(C(F)(F)F)cn1)N(CC)C(=O)c1ncc(C)cc1-c1ncc(F)cn1. The predicted octanol–water partition coefficient (Wildman–Crippen LogP) is 5.11. The minimum atomic E-state index is -4.50. The summed E-state index contributed by atoms with van der Waals surface area (Å²) in [5.74, 6) is -0.834. The van der Waals surface area contributed by atoms with Crippen LogP contribution in [-0.4, -0.2) is 49.4 Å². The number of halogens is 4. The lowest BCUT2D eigenvalue weighted by Crippen LogP contribution is -2.48. The Balaban J connectivity index is 1.87. The number of pyridine rings is 2. The zero-order valence-corrected chi connectivity index (χ0v) is 19.7. The maximum absolute atomic E-state index is 13.6. The predicted molar refractivity (Wildman–Crippen MR) is 120 cm³/mol. The molecular weight excluding hydrogens is 466 g/mol. The fraction of sp³-hybridized carbons (Fsp3) is 0.375. The van der Waals surface area contributed by atoms with E-state index in [4.69, 9.17) is 4.74 Å². The van der Waals surface area contributed by atoms with Gasteiger partial charge in [0, 0.05) is 25.0 Å². The van der Waals surface area contributed by atoms with Crippen LogP contribution in [0.15, 0.2) is 43.0 Å². The van der Waals surface area contributed by atoms with Gasteiger partial charge in [-0.3, -0.25) is 9.78 Å². The Morgan fingerprint density at radius 3 is 2.29 bits per heavy atom. The molecule has 3 aromatic heterocycles.